The molecule has 0 saturated carbocycles. The average molecular weight is 377 g/mol. The van der Waals surface area contributed by atoms with Crippen molar-refractivity contribution in [3.05, 3.63) is 59.7 Å². The minimum absolute atomic E-state index is 0.00763. The summed E-state index contributed by atoms with van der Waals surface area (Å²) in [6, 6.07) is 16.6. The van der Waals surface area contributed by atoms with Crippen molar-refractivity contribution in [2.75, 3.05) is 6.61 Å². The Morgan fingerprint density at radius 1 is 1.00 bits per heavy atom. The maximum atomic E-state index is 13.0. The number of ether oxygens (including phenoxy) is 1. The molecule has 2 aliphatic heterocycles. The summed E-state index contributed by atoms with van der Waals surface area (Å²) in [5.41, 5.74) is 4.20. The van der Waals surface area contributed by atoms with Gasteiger partial charge in [0.15, 0.2) is 0 Å². The molecule has 0 atom stereocenters. The molecule has 1 N–H and O–H groups in total. The van der Waals surface area contributed by atoms with E-state index in [4.69, 9.17) is 4.74 Å². The number of carboxylic acid groups (broad SMARTS) is 1. The molecule has 0 spiro atoms. The molecule has 144 valence electrons. The fourth-order valence-electron chi connectivity index (χ4n) is 5.58. The van der Waals surface area contributed by atoms with Crippen molar-refractivity contribution >= 4 is 12.1 Å². The lowest BCUT2D eigenvalue weighted by Gasteiger charge is -2.33. The van der Waals surface area contributed by atoms with Crippen LogP contribution in [0.1, 0.15) is 49.1 Å². The molecule has 2 heterocycles. The minimum Gasteiger partial charge on any atom is -0.481 e. The van der Waals surface area contributed by atoms with Crippen LogP contribution in [-0.4, -0.2) is 40.3 Å². The molecule has 5 nitrogen and oxygen atoms in total. The molecule has 3 aliphatic rings. The van der Waals surface area contributed by atoms with Crippen LogP contribution in [0.5, 0.6) is 0 Å². The van der Waals surface area contributed by atoms with Crippen LogP contribution >= 0.6 is 0 Å². The third-order valence-corrected chi connectivity index (χ3v) is 6.78. The summed E-state index contributed by atoms with van der Waals surface area (Å²) in [6.45, 7) is 0.277. The SMILES string of the molecule is O=C(O)CC12CCC(CC1)N2C(=O)OCC1c2ccccc2-c2ccccc21. The van der Waals surface area contributed by atoms with Crippen molar-refractivity contribution in [1.82, 2.24) is 4.90 Å². The van der Waals surface area contributed by atoms with Crippen LogP contribution in [-0.2, 0) is 9.53 Å². The molecule has 0 unspecified atom stereocenters. The number of hydrogen-bond donors (Lipinski definition) is 1. The molecular weight excluding hydrogens is 354 g/mol. The first-order chi connectivity index (χ1) is 13.6. The van der Waals surface area contributed by atoms with Crippen LogP contribution in [0.3, 0.4) is 0 Å². The first kappa shape index (κ1) is 17.3. The zero-order chi connectivity index (χ0) is 19.3. The fraction of sp³-hybridized carbons (Fsp3) is 0.391. The van der Waals surface area contributed by atoms with Crippen molar-refractivity contribution in [3.63, 3.8) is 0 Å². The molecule has 2 fully saturated rings. The Hall–Kier alpha value is -2.82. The zero-order valence-electron chi connectivity index (χ0n) is 15.6. The van der Waals surface area contributed by atoms with E-state index in [2.05, 4.69) is 24.3 Å². The topological polar surface area (TPSA) is 66.8 Å². The van der Waals surface area contributed by atoms with Gasteiger partial charge >= 0.3 is 12.1 Å². The van der Waals surface area contributed by atoms with Gasteiger partial charge in [-0.05, 0) is 47.9 Å². The van der Waals surface area contributed by atoms with Gasteiger partial charge in [0.05, 0.1) is 12.0 Å². The Bertz CT molecular complexity index is 900. The molecule has 2 aromatic rings. The van der Waals surface area contributed by atoms with Crippen LogP contribution < -0.4 is 0 Å². The number of fused-ring (bicyclic) bond motifs is 5. The first-order valence-corrected chi connectivity index (χ1v) is 9.95. The number of carboxylic acids is 1. The van der Waals surface area contributed by atoms with E-state index < -0.39 is 11.5 Å². The van der Waals surface area contributed by atoms with Crippen molar-refractivity contribution in [2.24, 2.45) is 0 Å². The maximum Gasteiger partial charge on any atom is 0.410 e. The quantitative estimate of drug-likeness (QED) is 0.857. The summed E-state index contributed by atoms with van der Waals surface area (Å²) in [6.07, 6.45) is 2.91. The Labute approximate surface area is 163 Å². The highest BCUT2D eigenvalue weighted by atomic mass is 16.6. The van der Waals surface area contributed by atoms with Crippen molar-refractivity contribution in [2.45, 2.75) is 49.6 Å². The maximum absolute atomic E-state index is 13.0. The van der Waals surface area contributed by atoms with E-state index in [-0.39, 0.29) is 31.1 Å². The second-order valence-electron chi connectivity index (χ2n) is 8.20. The van der Waals surface area contributed by atoms with Crippen LogP contribution in [0.4, 0.5) is 4.79 Å². The number of rotatable bonds is 4. The third kappa shape index (κ3) is 2.53. The van der Waals surface area contributed by atoms with Crippen LogP contribution in [0.25, 0.3) is 11.1 Å². The molecule has 2 bridgehead atoms. The molecule has 0 aromatic heterocycles. The van der Waals surface area contributed by atoms with Gasteiger partial charge in [-0.25, -0.2) is 4.79 Å². The average Bonchev–Trinajstić information content (AvgIpc) is 3.33. The smallest absolute Gasteiger partial charge is 0.410 e. The van der Waals surface area contributed by atoms with Gasteiger partial charge in [0, 0.05) is 12.0 Å². The monoisotopic (exact) mass is 377 g/mol. The predicted octanol–water partition coefficient (Wildman–Crippen LogP) is 4.41. The number of carbonyl (C=O) groups is 2. The molecule has 2 aromatic carbocycles. The lowest BCUT2D eigenvalue weighted by Crippen LogP contribution is -2.47. The van der Waals surface area contributed by atoms with Gasteiger partial charge in [-0.15, -0.1) is 0 Å². The van der Waals surface area contributed by atoms with Crippen LogP contribution in [0.2, 0.25) is 0 Å². The molecule has 1 amide bonds. The van der Waals surface area contributed by atoms with E-state index in [9.17, 15) is 14.7 Å². The standard InChI is InChI=1S/C23H23NO4/c25-21(26)13-23-11-9-15(10-12-23)24(23)22(27)28-14-20-18-7-3-1-5-16(18)17-6-2-4-8-19(17)20/h1-8,15,20H,9-14H2,(H,25,26). The van der Waals surface area contributed by atoms with Gasteiger partial charge in [0.25, 0.3) is 0 Å². The summed E-state index contributed by atoms with van der Waals surface area (Å²) in [7, 11) is 0. The fourth-order valence-corrected chi connectivity index (χ4v) is 5.58. The molecule has 2 saturated heterocycles. The lowest BCUT2D eigenvalue weighted by molar-refractivity contribution is -0.139. The number of aliphatic carboxylic acids is 1. The van der Waals surface area contributed by atoms with Crippen LogP contribution in [0.15, 0.2) is 48.5 Å². The molecular formula is C23H23NO4. The largest absolute Gasteiger partial charge is 0.481 e. The van der Waals surface area contributed by atoms with Gasteiger partial charge in [0.2, 0.25) is 0 Å². The summed E-state index contributed by atoms with van der Waals surface area (Å²) in [4.78, 5) is 26.1. The molecule has 28 heavy (non-hydrogen) atoms. The second-order valence-corrected chi connectivity index (χ2v) is 8.20. The normalized spacial score (nSPS) is 24.9. The molecule has 0 radical (unpaired) electrons. The highest BCUT2D eigenvalue weighted by Crippen LogP contribution is 2.49. The molecule has 5 rings (SSSR count). The third-order valence-electron chi connectivity index (χ3n) is 6.78. The van der Waals surface area contributed by atoms with E-state index in [1.165, 1.54) is 22.3 Å². The van der Waals surface area contributed by atoms with E-state index in [1.54, 1.807) is 4.90 Å². The van der Waals surface area contributed by atoms with Crippen molar-refractivity contribution < 1.29 is 19.4 Å². The first-order valence-electron chi connectivity index (χ1n) is 9.95. The number of hydrogen-bond acceptors (Lipinski definition) is 3. The van der Waals surface area contributed by atoms with E-state index in [0.29, 0.717) is 0 Å². The predicted molar refractivity (Wildman–Crippen MR) is 104 cm³/mol. The Morgan fingerprint density at radius 2 is 1.57 bits per heavy atom. The number of amides is 1. The Balaban J connectivity index is 1.37. The van der Waals surface area contributed by atoms with E-state index in [0.717, 1.165) is 25.7 Å². The van der Waals surface area contributed by atoms with Gasteiger partial charge in [-0.3, -0.25) is 9.69 Å². The molecule has 5 heteroatoms. The van der Waals surface area contributed by atoms with E-state index >= 15 is 0 Å². The highest BCUT2D eigenvalue weighted by molar-refractivity contribution is 5.79. The number of nitrogens with zero attached hydrogens (tertiary/aromatic N) is 1. The van der Waals surface area contributed by atoms with Gasteiger partial charge in [0.1, 0.15) is 6.61 Å². The van der Waals surface area contributed by atoms with Crippen molar-refractivity contribution in [3.8, 4) is 11.1 Å². The summed E-state index contributed by atoms with van der Waals surface area (Å²) in [5.74, 6) is -0.828. The summed E-state index contributed by atoms with van der Waals surface area (Å²) in [5, 5.41) is 9.33. The van der Waals surface area contributed by atoms with E-state index in [1.807, 2.05) is 24.3 Å². The number of carbonyl (C=O) groups excluding carboxylic acids is 1. The zero-order valence-corrected chi connectivity index (χ0v) is 15.6. The molecule has 1 aliphatic carbocycles. The lowest BCUT2D eigenvalue weighted by atomic mass is 9.85. The van der Waals surface area contributed by atoms with Gasteiger partial charge in [-0.1, -0.05) is 48.5 Å². The second kappa shape index (κ2) is 6.36. The summed E-state index contributed by atoms with van der Waals surface area (Å²) < 4.78 is 5.81. The van der Waals surface area contributed by atoms with Gasteiger partial charge in [-0.2, -0.15) is 0 Å². The highest BCUT2D eigenvalue weighted by Gasteiger charge is 2.55. The number of benzene rings is 2. The Kier molecular flexibility index (Phi) is 3.93. The summed E-state index contributed by atoms with van der Waals surface area (Å²) >= 11 is 0. The van der Waals surface area contributed by atoms with Crippen molar-refractivity contribution in [1.29, 1.82) is 0 Å². The minimum atomic E-state index is -0.848. The van der Waals surface area contributed by atoms with Gasteiger partial charge < -0.3 is 9.84 Å². The Morgan fingerprint density at radius 3 is 2.14 bits per heavy atom. The van der Waals surface area contributed by atoms with Crippen LogP contribution in [0, 0.1) is 0 Å².